The van der Waals surface area contributed by atoms with Gasteiger partial charge in [0.1, 0.15) is 5.82 Å². The van der Waals surface area contributed by atoms with E-state index in [0.717, 1.165) is 12.1 Å². The highest BCUT2D eigenvalue weighted by molar-refractivity contribution is 6.55. The number of carbonyl (C=O) groups is 1. The predicted molar refractivity (Wildman–Crippen MR) is 51.2 cm³/mol. The molecular weight excluding hydrogens is 271 g/mol. The largest absolute Gasteiger partial charge is 0.419 e. The quantitative estimate of drug-likeness (QED) is 0.455. The van der Waals surface area contributed by atoms with E-state index in [9.17, 15) is 22.4 Å². The standard InChI is InChI=1S/C9H4Cl2F4O/c10-8(11)7(16)4-2-1-3-5(6(4)12)9(13,14)15/h1-3,8H. The minimum absolute atomic E-state index is 0.531. The lowest BCUT2D eigenvalue weighted by atomic mass is 10.1. The Morgan fingerprint density at radius 1 is 1.25 bits per heavy atom. The van der Waals surface area contributed by atoms with Crippen LogP contribution in [-0.2, 0) is 6.18 Å². The van der Waals surface area contributed by atoms with Gasteiger partial charge >= 0.3 is 6.18 Å². The van der Waals surface area contributed by atoms with Crippen molar-refractivity contribution in [3.63, 3.8) is 0 Å². The molecule has 0 fully saturated rings. The van der Waals surface area contributed by atoms with Gasteiger partial charge in [-0.3, -0.25) is 4.79 Å². The van der Waals surface area contributed by atoms with Gasteiger partial charge in [-0.25, -0.2) is 4.39 Å². The molecule has 1 nitrogen and oxygen atoms in total. The zero-order valence-electron chi connectivity index (χ0n) is 7.49. The van der Waals surface area contributed by atoms with Crippen molar-refractivity contribution in [3.8, 4) is 0 Å². The lowest BCUT2D eigenvalue weighted by Gasteiger charge is -2.10. The molecule has 1 aromatic carbocycles. The van der Waals surface area contributed by atoms with Gasteiger partial charge in [-0.15, -0.1) is 0 Å². The Kier molecular flexibility index (Phi) is 3.80. The Morgan fingerprint density at radius 2 is 1.81 bits per heavy atom. The van der Waals surface area contributed by atoms with Crippen LogP contribution in [0.4, 0.5) is 17.6 Å². The number of ketones is 1. The summed E-state index contributed by atoms with van der Waals surface area (Å²) in [5.74, 6) is -2.77. The molecule has 7 heteroatoms. The average molecular weight is 275 g/mol. The van der Waals surface area contributed by atoms with E-state index in [4.69, 9.17) is 23.2 Å². The summed E-state index contributed by atoms with van der Waals surface area (Å²) in [6.07, 6.45) is -4.87. The van der Waals surface area contributed by atoms with Crippen molar-refractivity contribution in [3.05, 3.63) is 35.1 Å². The van der Waals surface area contributed by atoms with Crippen LogP contribution in [0.1, 0.15) is 15.9 Å². The van der Waals surface area contributed by atoms with Gasteiger partial charge in [0.05, 0.1) is 11.1 Å². The summed E-state index contributed by atoms with van der Waals surface area (Å²) < 4.78 is 50.1. The maximum Gasteiger partial charge on any atom is 0.419 e. The van der Waals surface area contributed by atoms with Crippen LogP contribution in [-0.4, -0.2) is 10.6 Å². The molecule has 1 rings (SSSR count). The molecule has 88 valence electrons. The van der Waals surface area contributed by atoms with Crippen molar-refractivity contribution in [2.75, 3.05) is 0 Å². The molecular formula is C9H4Cl2F4O. The van der Waals surface area contributed by atoms with E-state index in [-0.39, 0.29) is 0 Å². The second-order valence-electron chi connectivity index (χ2n) is 2.83. The van der Waals surface area contributed by atoms with Crippen LogP contribution < -0.4 is 0 Å². The molecule has 0 bridgehead atoms. The molecule has 0 aliphatic carbocycles. The Bertz CT molecular complexity index is 414. The van der Waals surface area contributed by atoms with Crippen LogP contribution in [0.3, 0.4) is 0 Å². The fraction of sp³-hybridized carbons (Fsp3) is 0.222. The van der Waals surface area contributed by atoms with Crippen molar-refractivity contribution < 1.29 is 22.4 Å². The molecule has 0 saturated heterocycles. The molecule has 0 N–H and O–H groups in total. The van der Waals surface area contributed by atoms with Gasteiger partial charge in [-0.1, -0.05) is 29.3 Å². The van der Waals surface area contributed by atoms with E-state index in [1.165, 1.54) is 0 Å². The third-order valence-corrected chi connectivity index (χ3v) is 2.16. The van der Waals surface area contributed by atoms with E-state index in [1.54, 1.807) is 0 Å². The number of hydrogen-bond donors (Lipinski definition) is 0. The molecule has 0 heterocycles. The molecule has 0 aliphatic heterocycles. The normalized spacial score (nSPS) is 11.9. The summed E-state index contributed by atoms with van der Waals surface area (Å²) >= 11 is 10.3. The van der Waals surface area contributed by atoms with Crippen LogP contribution in [0.5, 0.6) is 0 Å². The van der Waals surface area contributed by atoms with Crippen molar-refractivity contribution in [1.29, 1.82) is 0 Å². The predicted octanol–water partition coefficient (Wildman–Crippen LogP) is 3.83. The third kappa shape index (κ3) is 2.65. The summed E-state index contributed by atoms with van der Waals surface area (Å²) in [6, 6.07) is 2.34. The second kappa shape index (κ2) is 4.59. The molecule has 0 amide bonds. The first-order valence-corrected chi connectivity index (χ1v) is 4.80. The van der Waals surface area contributed by atoms with Gasteiger partial charge in [0.2, 0.25) is 0 Å². The van der Waals surface area contributed by atoms with Crippen molar-refractivity contribution in [2.45, 2.75) is 11.0 Å². The highest BCUT2D eigenvalue weighted by Crippen LogP contribution is 2.32. The van der Waals surface area contributed by atoms with Crippen LogP contribution in [0.15, 0.2) is 18.2 Å². The lowest BCUT2D eigenvalue weighted by Crippen LogP contribution is -2.15. The minimum Gasteiger partial charge on any atom is -0.291 e. The molecule has 0 radical (unpaired) electrons. The molecule has 0 saturated carbocycles. The summed E-state index contributed by atoms with van der Waals surface area (Å²) in [4.78, 5) is 9.57. The Morgan fingerprint density at radius 3 is 2.25 bits per heavy atom. The number of carbonyl (C=O) groups excluding carboxylic acids is 1. The molecule has 0 aromatic heterocycles. The molecule has 0 spiro atoms. The van der Waals surface area contributed by atoms with E-state index < -0.39 is 33.7 Å². The summed E-state index contributed by atoms with van der Waals surface area (Å²) in [5, 5.41) is 0. The third-order valence-electron chi connectivity index (χ3n) is 1.77. The summed E-state index contributed by atoms with van der Waals surface area (Å²) in [5.41, 5.74) is -2.29. The highest BCUT2D eigenvalue weighted by Gasteiger charge is 2.36. The van der Waals surface area contributed by atoms with Gasteiger partial charge in [0.15, 0.2) is 10.6 Å². The Labute approximate surface area is 98.0 Å². The number of benzene rings is 1. The maximum absolute atomic E-state index is 13.3. The van der Waals surface area contributed by atoms with E-state index in [1.807, 2.05) is 0 Å². The maximum atomic E-state index is 13.3. The number of halogens is 6. The van der Waals surface area contributed by atoms with E-state index in [0.29, 0.717) is 6.07 Å². The lowest BCUT2D eigenvalue weighted by molar-refractivity contribution is -0.140. The van der Waals surface area contributed by atoms with E-state index >= 15 is 0 Å². The number of hydrogen-bond acceptors (Lipinski definition) is 1. The molecule has 0 atom stereocenters. The van der Waals surface area contributed by atoms with Crippen molar-refractivity contribution in [2.24, 2.45) is 0 Å². The summed E-state index contributed by atoms with van der Waals surface area (Å²) in [7, 11) is 0. The highest BCUT2D eigenvalue weighted by atomic mass is 35.5. The fourth-order valence-electron chi connectivity index (χ4n) is 1.06. The van der Waals surface area contributed by atoms with E-state index in [2.05, 4.69) is 0 Å². The van der Waals surface area contributed by atoms with Gasteiger partial charge in [-0.05, 0) is 12.1 Å². The Balaban J connectivity index is 3.30. The van der Waals surface area contributed by atoms with Crippen LogP contribution in [0.2, 0.25) is 0 Å². The zero-order chi connectivity index (χ0) is 12.5. The molecule has 16 heavy (non-hydrogen) atoms. The number of Topliss-reactive ketones (excluding diaryl/α,β-unsaturated/α-hetero) is 1. The summed E-state index contributed by atoms with van der Waals surface area (Å²) in [6.45, 7) is 0. The minimum atomic E-state index is -4.87. The number of rotatable bonds is 2. The van der Waals surface area contributed by atoms with Gasteiger partial charge in [0, 0.05) is 0 Å². The fourth-order valence-corrected chi connectivity index (χ4v) is 1.29. The first-order chi connectivity index (χ1) is 7.25. The van der Waals surface area contributed by atoms with Crippen molar-refractivity contribution >= 4 is 29.0 Å². The molecule has 0 aliphatic rings. The van der Waals surface area contributed by atoms with Gasteiger partial charge in [-0.2, -0.15) is 13.2 Å². The van der Waals surface area contributed by atoms with Crippen molar-refractivity contribution in [1.82, 2.24) is 0 Å². The van der Waals surface area contributed by atoms with Gasteiger partial charge in [0.25, 0.3) is 0 Å². The zero-order valence-corrected chi connectivity index (χ0v) is 9.00. The first-order valence-electron chi connectivity index (χ1n) is 3.93. The van der Waals surface area contributed by atoms with Crippen LogP contribution in [0, 0.1) is 5.82 Å². The van der Waals surface area contributed by atoms with Crippen LogP contribution >= 0.6 is 23.2 Å². The molecule has 0 unspecified atom stereocenters. The number of alkyl halides is 5. The SMILES string of the molecule is O=C(c1cccc(C(F)(F)F)c1F)C(Cl)Cl. The van der Waals surface area contributed by atoms with Crippen LogP contribution in [0.25, 0.3) is 0 Å². The van der Waals surface area contributed by atoms with Gasteiger partial charge < -0.3 is 0 Å². The average Bonchev–Trinajstić information content (AvgIpc) is 2.15. The first kappa shape index (κ1) is 13.3. The molecule has 1 aromatic rings. The second-order valence-corrected chi connectivity index (χ2v) is 3.93. The smallest absolute Gasteiger partial charge is 0.291 e. The Hall–Kier alpha value is -0.810. The monoisotopic (exact) mass is 274 g/mol. The topological polar surface area (TPSA) is 17.1 Å².